The summed E-state index contributed by atoms with van der Waals surface area (Å²) in [4.78, 5) is 44.4. The number of aliphatic carboxylic acids is 4. The second-order valence-electron chi connectivity index (χ2n) is 4.00. The molecule has 16 heteroatoms. The van der Waals surface area contributed by atoms with Crippen LogP contribution in [0, 0.1) is 0 Å². The first-order chi connectivity index (χ1) is 9.20. The second kappa shape index (κ2) is 25.9. The summed E-state index contributed by atoms with van der Waals surface area (Å²) in [7, 11) is 0. The van der Waals surface area contributed by atoms with E-state index in [4.69, 9.17) is 20.4 Å². The Labute approximate surface area is 223 Å². The minimum Gasteiger partial charge on any atom is -0.480 e. The molecule has 0 saturated heterocycles. The van der Waals surface area contributed by atoms with Gasteiger partial charge in [-0.05, 0) is 0 Å². The van der Waals surface area contributed by atoms with Crippen molar-refractivity contribution in [1.82, 2.24) is 9.80 Å². The van der Waals surface area contributed by atoms with Gasteiger partial charge < -0.3 is 36.9 Å². The number of carbonyl (C=O) groups is 4. The standard InChI is InChI=1S/C10H16N2O8.Ca.2Na.3H2O/c13-7(14)3-11(4-8(15)16)1-2-12(5-9(17)18)6-10(19)20;;;;;;/h1-6H2,(H,13,14)(H,15,16)(H,17,18)(H,19,20);;;;3*1H2. The number of rotatable bonds is 11. The largest absolute Gasteiger partial charge is 0.480 e. The molecule has 13 nitrogen and oxygen atoms in total. The van der Waals surface area contributed by atoms with Crippen molar-refractivity contribution in [2.75, 3.05) is 39.3 Å². The summed E-state index contributed by atoms with van der Waals surface area (Å²) in [6, 6.07) is 0. The van der Waals surface area contributed by atoms with E-state index in [0.29, 0.717) is 0 Å². The van der Waals surface area contributed by atoms with Crippen molar-refractivity contribution in [3.8, 4) is 0 Å². The van der Waals surface area contributed by atoms with E-state index in [1.807, 2.05) is 0 Å². The SMILES string of the molecule is O.O.O.O=C(O)CN(CCN(CC(=O)O)CC(=O)O)CC(=O)O.[Ca].[Na].[Na]. The molecule has 0 spiro atoms. The van der Waals surface area contributed by atoms with E-state index >= 15 is 0 Å². The fourth-order valence-corrected chi connectivity index (χ4v) is 1.48. The Hall–Kier alpha value is 0.940. The van der Waals surface area contributed by atoms with Gasteiger partial charge in [-0.1, -0.05) is 0 Å². The zero-order valence-corrected chi connectivity index (χ0v) is 21.0. The van der Waals surface area contributed by atoms with Crippen molar-refractivity contribution in [2.24, 2.45) is 0 Å². The fraction of sp³-hybridized carbons (Fsp3) is 0.600. The maximum absolute atomic E-state index is 10.6. The molecular weight excluding hydrogens is 410 g/mol. The molecule has 0 aromatic carbocycles. The van der Waals surface area contributed by atoms with Crippen LogP contribution < -0.4 is 0 Å². The van der Waals surface area contributed by atoms with Gasteiger partial charge in [0.15, 0.2) is 0 Å². The molecule has 0 fully saturated rings. The summed E-state index contributed by atoms with van der Waals surface area (Å²) in [5.41, 5.74) is 0. The summed E-state index contributed by atoms with van der Waals surface area (Å²) < 4.78 is 0. The van der Waals surface area contributed by atoms with Crippen LogP contribution >= 0.6 is 0 Å². The Balaban J connectivity index is -0.000000120. The van der Waals surface area contributed by atoms with Crippen LogP contribution in [0.2, 0.25) is 0 Å². The predicted molar refractivity (Wildman–Crippen MR) is 91.5 cm³/mol. The monoisotopic (exact) mass is 432 g/mol. The van der Waals surface area contributed by atoms with E-state index in [2.05, 4.69) is 0 Å². The van der Waals surface area contributed by atoms with Crippen molar-refractivity contribution in [2.45, 2.75) is 0 Å². The average molecular weight is 432 g/mol. The van der Waals surface area contributed by atoms with E-state index in [0.717, 1.165) is 9.80 Å². The number of hydrogen-bond acceptors (Lipinski definition) is 6. The normalized spacial score (nSPS) is 8.23. The Morgan fingerprint density at radius 1 is 0.538 bits per heavy atom. The third kappa shape index (κ3) is 29.7. The van der Waals surface area contributed by atoms with Crippen molar-refractivity contribution >= 4 is 121 Å². The molecule has 0 amide bonds. The summed E-state index contributed by atoms with van der Waals surface area (Å²) in [6.45, 7) is -2.25. The van der Waals surface area contributed by atoms with Crippen LogP contribution in [0.5, 0.6) is 0 Å². The molecule has 0 aliphatic rings. The Kier molecular flexibility index (Phi) is 45.5. The molecule has 142 valence electrons. The van der Waals surface area contributed by atoms with Gasteiger partial charge in [0.2, 0.25) is 0 Å². The van der Waals surface area contributed by atoms with E-state index in [-0.39, 0.29) is 126 Å². The molecule has 0 aromatic heterocycles. The number of carboxylic acid groups (broad SMARTS) is 4. The van der Waals surface area contributed by atoms with Crippen LogP contribution in [-0.2, 0) is 19.2 Å². The maximum atomic E-state index is 10.6. The Morgan fingerprint density at radius 2 is 0.692 bits per heavy atom. The van der Waals surface area contributed by atoms with Crippen LogP contribution in [0.15, 0.2) is 0 Å². The summed E-state index contributed by atoms with van der Waals surface area (Å²) in [6.07, 6.45) is 0. The van der Waals surface area contributed by atoms with Gasteiger partial charge in [-0.25, -0.2) is 0 Å². The number of nitrogens with zero attached hydrogens (tertiary/aromatic N) is 2. The number of hydrogen-bond donors (Lipinski definition) is 4. The molecular formula is C10H22CaN2Na2O11. The minimum atomic E-state index is -1.23. The molecule has 0 unspecified atom stereocenters. The summed E-state index contributed by atoms with van der Waals surface area (Å²) in [5, 5.41) is 34.5. The van der Waals surface area contributed by atoms with Gasteiger partial charge in [-0.15, -0.1) is 0 Å². The van der Waals surface area contributed by atoms with Gasteiger partial charge in [0.05, 0.1) is 26.2 Å². The first kappa shape index (κ1) is 45.6. The Morgan fingerprint density at radius 3 is 0.808 bits per heavy atom. The maximum Gasteiger partial charge on any atom is 0.317 e. The van der Waals surface area contributed by atoms with Crippen molar-refractivity contribution in [3.63, 3.8) is 0 Å². The molecule has 0 aliphatic heterocycles. The second-order valence-corrected chi connectivity index (χ2v) is 4.00. The predicted octanol–water partition coefficient (Wildman–Crippen LogP) is -5.69. The fourth-order valence-electron chi connectivity index (χ4n) is 1.48. The zero-order chi connectivity index (χ0) is 15.7. The molecule has 0 saturated carbocycles. The third-order valence-electron chi connectivity index (χ3n) is 2.17. The molecule has 26 heavy (non-hydrogen) atoms. The first-order valence-electron chi connectivity index (χ1n) is 5.52. The quantitative estimate of drug-likeness (QED) is 0.225. The summed E-state index contributed by atoms with van der Waals surface area (Å²) >= 11 is 0. The molecule has 10 N–H and O–H groups in total. The van der Waals surface area contributed by atoms with Gasteiger partial charge in [-0.3, -0.25) is 29.0 Å². The van der Waals surface area contributed by atoms with Gasteiger partial charge >= 0.3 is 23.9 Å². The average Bonchev–Trinajstić information content (AvgIpc) is 2.22. The smallest absolute Gasteiger partial charge is 0.317 e. The minimum absolute atomic E-state index is 0. The van der Waals surface area contributed by atoms with Crippen LogP contribution in [0.3, 0.4) is 0 Å². The topological polar surface area (TPSA) is 250 Å². The van der Waals surface area contributed by atoms with Crippen LogP contribution in [-0.4, -0.2) is 207 Å². The molecule has 0 bridgehead atoms. The Bertz CT molecular complexity index is 335. The molecule has 0 aliphatic carbocycles. The number of carboxylic acids is 4. The molecule has 0 aromatic rings. The van der Waals surface area contributed by atoms with Crippen molar-refractivity contribution in [1.29, 1.82) is 0 Å². The van der Waals surface area contributed by atoms with Crippen LogP contribution in [0.25, 0.3) is 0 Å². The van der Waals surface area contributed by atoms with Gasteiger partial charge in [-0.2, -0.15) is 0 Å². The molecule has 0 atom stereocenters. The van der Waals surface area contributed by atoms with Crippen molar-refractivity contribution < 1.29 is 56.0 Å². The van der Waals surface area contributed by atoms with E-state index < -0.39 is 50.1 Å². The van der Waals surface area contributed by atoms with Crippen LogP contribution in [0.4, 0.5) is 0 Å². The molecule has 0 heterocycles. The van der Waals surface area contributed by atoms with Gasteiger partial charge in [0.25, 0.3) is 0 Å². The van der Waals surface area contributed by atoms with E-state index in [1.165, 1.54) is 0 Å². The van der Waals surface area contributed by atoms with Crippen molar-refractivity contribution in [3.05, 3.63) is 0 Å². The van der Waals surface area contributed by atoms with E-state index in [1.54, 1.807) is 0 Å². The van der Waals surface area contributed by atoms with Crippen LogP contribution in [0.1, 0.15) is 0 Å². The van der Waals surface area contributed by atoms with Gasteiger partial charge in [0, 0.05) is 110 Å². The summed E-state index contributed by atoms with van der Waals surface area (Å²) in [5.74, 6) is -4.91. The first-order valence-corrected chi connectivity index (χ1v) is 5.52. The zero-order valence-electron chi connectivity index (χ0n) is 14.8. The molecule has 4 radical (unpaired) electrons. The third-order valence-corrected chi connectivity index (χ3v) is 2.17. The van der Waals surface area contributed by atoms with E-state index in [9.17, 15) is 19.2 Å². The molecule has 0 rings (SSSR count). The van der Waals surface area contributed by atoms with Gasteiger partial charge in [0.1, 0.15) is 0 Å².